The highest BCUT2D eigenvalue weighted by molar-refractivity contribution is 6.35. The number of hydrogen-bond donors (Lipinski definition) is 2. The zero-order valence-electron chi connectivity index (χ0n) is 13.7. The quantitative estimate of drug-likeness (QED) is 0.801. The number of amides is 2. The summed E-state index contributed by atoms with van der Waals surface area (Å²) in [7, 11) is 1.58. The molecule has 3 rings (SSSR count). The lowest BCUT2D eigenvalue weighted by atomic mass is 10.2. The van der Waals surface area contributed by atoms with Gasteiger partial charge in [-0.3, -0.25) is 9.59 Å². The van der Waals surface area contributed by atoms with Crippen molar-refractivity contribution in [3.8, 4) is 17.2 Å². The SMILES string of the molecule is COc1ccc(CNC(=O)C(=O)NCc2ccc3c(c2)OCO3)cc1. The van der Waals surface area contributed by atoms with E-state index in [2.05, 4.69) is 10.6 Å². The molecule has 0 fully saturated rings. The number of benzene rings is 2. The van der Waals surface area contributed by atoms with E-state index >= 15 is 0 Å². The average molecular weight is 342 g/mol. The third-order valence-electron chi connectivity index (χ3n) is 3.71. The van der Waals surface area contributed by atoms with E-state index in [1.807, 2.05) is 18.2 Å². The molecule has 2 aromatic rings. The Morgan fingerprint density at radius 1 is 0.920 bits per heavy atom. The van der Waals surface area contributed by atoms with E-state index in [0.29, 0.717) is 11.5 Å². The van der Waals surface area contributed by atoms with Crippen LogP contribution in [0.25, 0.3) is 0 Å². The summed E-state index contributed by atoms with van der Waals surface area (Å²) in [5.41, 5.74) is 1.69. The summed E-state index contributed by atoms with van der Waals surface area (Å²) in [5, 5.41) is 5.15. The summed E-state index contributed by atoms with van der Waals surface area (Å²) in [6.45, 7) is 0.685. The summed E-state index contributed by atoms with van der Waals surface area (Å²) in [6.07, 6.45) is 0. The second-order valence-corrected chi connectivity index (χ2v) is 5.40. The van der Waals surface area contributed by atoms with E-state index < -0.39 is 11.8 Å². The van der Waals surface area contributed by atoms with Crippen LogP contribution >= 0.6 is 0 Å². The van der Waals surface area contributed by atoms with E-state index in [0.717, 1.165) is 16.9 Å². The van der Waals surface area contributed by atoms with Gasteiger partial charge in [-0.2, -0.15) is 0 Å². The lowest BCUT2D eigenvalue weighted by Gasteiger charge is -2.08. The van der Waals surface area contributed by atoms with Crippen LogP contribution in [0.1, 0.15) is 11.1 Å². The predicted octanol–water partition coefficient (Wildman–Crippen LogP) is 1.36. The van der Waals surface area contributed by atoms with Crippen LogP contribution in [0.4, 0.5) is 0 Å². The van der Waals surface area contributed by atoms with E-state index in [-0.39, 0.29) is 19.9 Å². The summed E-state index contributed by atoms with van der Waals surface area (Å²) in [6, 6.07) is 12.6. The van der Waals surface area contributed by atoms with Crippen molar-refractivity contribution in [2.24, 2.45) is 0 Å². The van der Waals surface area contributed by atoms with E-state index in [1.54, 1.807) is 31.4 Å². The maximum absolute atomic E-state index is 11.9. The molecule has 0 radical (unpaired) electrons. The first-order valence-corrected chi connectivity index (χ1v) is 7.73. The van der Waals surface area contributed by atoms with Gasteiger partial charge in [-0.05, 0) is 35.4 Å². The Labute approximate surface area is 144 Å². The summed E-state index contributed by atoms with van der Waals surface area (Å²) in [5.74, 6) is 0.669. The van der Waals surface area contributed by atoms with E-state index in [9.17, 15) is 9.59 Å². The van der Waals surface area contributed by atoms with Gasteiger partial charge in [0.25, 0.3) is 0 Å². The molecule has 130 valence electrons. The molecule has 0 aromatic heterocycles. The van der Waals surface area contributed by atoms with Gasteiger partial charge in [0.05, 0.1) is 7.11 Å². The first-order chi connectivity index (χ1) is 12.2. The first kappa shape index (κ1) is 16.6. The fourth-order valence-electron chi connectivity index (χ4n) is 2.32. The van der Waals surface area contributed by atoms with Crippen LogP contribution in [0.3, 0.4) is 0 Å². The number of rotatable bonds is 5. The minimum absolute atomic E-state index is 0.193. The van der Waals surface area contributed by atoms with Gasteiger partial charge in [0, 0.05) is 13.1 Å². The van der Waals surface area contributed by atoms with Crippen molar-refractivity contribution in [3.63, 3.8) is 0 Å². The molecule has 0 aliphatic carbocycles. The Bertz CT molecular complexity index is 774. The van der Waals surface area contributed by atoms with E-state index in [1.165, 1.54) is 0 Å². The molecule has 2 amide bonds. The minimum atomic E-state index is -0.689. The van der Waals surface area contributed by atoms with Gasteiger partial charge >= 0.3 is 11.8 Å². The van der Waals surface area contributed by atoms with Gasteiger partial charge in [0.15, 0.2) is 11.5 Å². The topological polar surface area (TPSA) is 85.9 Å². The molecular weight excluding hydrogens is 324 g/mol. The Hall–Kier alpha value is -3.22. The predicted molar refractivity (Wildman–Crippen MR) is 89.3 cm³/mol. The lowest BCUT2D eigenvalue weighted by molar-refractivity contribution is -0.139. The number of carbonyl (C=O) groups is 2. The smallest absolute Gasteiger partial charge is 0.309 e. The zero-order valence-corrected chi connectivity index (χ0v) is 13.7. The van der Waals surface area contributed by atoms with Crippen LogP contribution < -0.4 is 24.8 Å². The zero-order chi connectivity index (χ0) is 17.6. The van der Waals surface area contributed by atoms with Gasteiger partial charge in [-0.1, -0.05) is 18.2 Å². The number of nitrogens with one attached hydrogen (secondary N) is 2. The molecule has 7 nitrogen and oxygen atoms in total. The lowest BCUT2D eigenvalue weighted by Crippen LogP contribution is -2.39. The summed E-state index contributed by atoms with van der Waals surface area (Å²) < 4.78 is 15.6. The second-order valence-electron chi connectivity index (χ2n) is 5.40. The molecule has 0 saturated carbocycles. The highest BCUT2D eigenvalue weighted by Gasteiger charge is 2.15. The molecule has 0 atom stereocenters. The molecule has 0 bridgehead atoms. The molecule has 0 spiro atoms. The third kappa shape index (κ3) is 4.20. The number of carbonyl (C=O) groups excluding carboxylic acids is 2. The molecule has 1 heterocycles. The van der Waals surface area contributed by atoms with Gasteiger partial charge in [-0.25, -0.2) is 0 Å². The van der Waals surface area contributed by atoms with Crippen molar-refractivity contribution in [1.82, 2.24) is 10.6 Å². The minimum Gasteiger partial charge on any atom is -0.497 e. The van der Waals surface area contributed by atoms with Gasteiger partial charge in [0.1, 0.15) is 5.75 Å². The highest BCUT2D eigenvalue weighted by Crippen LogP contribution is 2.32. The van der Waals surface area contributed by atoms with Gasteiger partial charge in [-0.15, -0.1) is 0 Å². The summed E-state index contributed by atoms with van der Waals surface area (Å²) in [4.78, 5) is 23.7. The molecule has 1 aliphatic rings. The number of fused-ring (bicyclic) bond motifs is 1. The standard InChI is InChI=1S/C18H18N2O5/c1-23-14-5-2-12(3-6-14)9-19-17(21)18(22)20-10-13-4-7-15-16(8-13)25-11-24-15/h2-8H,9-11H2,1H3,(H,19,21)(H,20,22). The Balaban J connectivity index is 1.46. The number of methoxy groups -OCH3 is 1. The molecule has 1 aliphatic heterocycles. The van der Waals surface area contributed by atoms with Crippen LogP contribution in [0.2, 0.25) is 0 Å². The molecular formula is C18H18N2O5. The molecule has 25 heavy (non-hydrogen) atoms. The van der Waals surface area contributed by atoms with Crippen molar-refractivity contribution in [3.05, 3.63) is 53.6 Å². The van der Waals surface area contributed by atoms with Gasteiger partial charge < -0.3 is 24.8 Å². The third-order valence-corrected chi connectivity index (χ3v) is 3.71. The molecule has 2 aromatic carbocycles. The molecule has 0 saturated heterocycles. The monoisotopic (exact) mass is 342 g/mol. The Kier molecular flexibility index (Phi) is 5.03. The fourth-order valence-corrected chi connectivity index (χ4v) is 2.32. The maximum Gasteiger partial charge on any atom is 0.309 e. The summed E-state index contributed by atoms with van der Waals surface area (Å²) >= 11 is 0. The highest BCUT2D eigenvalue weighted by atomic mass is 16.7. The van der Waals surface area contributed by atoms with Crippen molar-refractivity contribution in [2.75, 3.05) is 13.9 Å². The molecule has 2 N–H and O–H groups in total. The maximum atomic E-state index is 11.9. The Morgan fingerprint density at radius 2 is 1.52 bits per heavy atom. The van der Waals surface area contributed by atoms with Crippen molar-refractivity contribution >= 4 is 11.8 Å². The normalized spacial score (nSPS) is 11.7. The Morgan fingerprint density at radius 3 is 2.20 bits per heavy atom. The van der Waals surface area contributed by atoms with E-state index in [4.69, 9.17) is 14.2 Å². The van der Waals surface area contributed by atoms with Crippen LogP contribution in [0.15, 0.2) is 42.5 Å². The first-order valence-electron chi connectivity index (χ1n) is 7.73. The van der Waals surface area contributed by atoms with Crippen LogP contribution in [-0.2, 0) is 22.7 Å². The largest absolute Gasteiger partial charge is 0.497 e. The number of hydrogen-bond acceptors (Lipinski definition) is 5. The van der Waals surface area contributed by atoms with Crippen molar-refractivity contribution in [1.29, 1.82) is 0 Å². The van der Waals surface area contributed by atoms with Crippen molar-refractivity contribution < 1.29 is 23.8 Å². The average Bonchev–Trinajstić information content (AvgIpc) is 3.12. The van der Waals surface area contributed by atoms with Crippen molar-refractivity contribution in [2.45, 2.75) is 13.1 Å². The van der Waals surface area contributed by atoms with Gasteiger partial charge in [0.2, 0.25) is 6.79 Å². The van der Waals surface area contributed by atoms with Crippen LogP contribution in [-0.4, -0.2) is 25.7 Å². The molecule has 0 unspecified atom stereocenters. The van der Waals surface area contributed by atoms with Crippen LogP contribution in [0, 0.1) is 0 Å². The molecule has 7 heteroatoms. The number of ether oxygens (including phenoxy) is 3. The van der Waals surface area contributed by atoms with Crippen LogP contribution in [0.5, 0.6) is 17.2 Å². The fraction of sp³-hybridized carbons (Fsp3) is 0.222. The second kappa shape index (κ2) is 7.57.